The summed E-state index contributed by atoms with van der Waals surface area (Å²) in [5, 5.41) is 0.568. The molecular weight excluding hydrogens is 554 g/mol. The minimum Gasteiger partial charge on any atom is -0.437 e. The van der Waals surface area contributed by atoms with E-state index in [2.05, 4.69) is 63.6 Å². The maximum Gasteiger partial charge on any atom is 0.237 e. The van der Waals surface area contributed by atoms with Crippen molar-refractivity contribution in [2.75, 3.05) is 49.9 Å². The van der Waals surface area contributed by atoms with E-state index in [-0.39, 0.29) is 0 Å². The summed E-state index contributed by atoms with van der Waals surface area (Å²) in [5.41, 5.74) is 9.71. The van der Waals surface area contributed by atoms with Crippen molar-refractivity contribution in [3.05, 3.63) is 70.2 Å². The van der Waals surface area contributed by atoms with Gasteiger partial charge in [-0.1, -0.05) is 69.6 Å². The first kappa shape index (κ1) is 32.2. The molecule has 1 fully saturated rings. The summed E-state index contributed by atoms with van der Waals surface area (Å²) in [7, 11) is 3.83. The molecule has 41 heavy (non-hydrogen) atoms. The monoisotopic (exact) mass is 595 g/mol. The van der Waals surface area contributed by atoms with Gasteiger partial charge in [0.2, 0.25) is 11.8 Å². The third-order valence-corrected chi connectivity index (χ3v) is 7.45. The van der Waals surface area contributed by atoms with E-state index in [0.29, 0.717) is 28.5 Å². The van der Waals surface area contributed by atoms with Crippen LogP contribution in [0.25, 0.3) is 11.3 Å². The van der Waals surface area contributed by atoms with Crippen LogP contribution in [0.2, 0.25) is 5.02 Å². The highest BCUT2D eigenvalue weighted by Crippen LogP contribution is 2.38. The Kier molecular flexibility index (Phi) is 12.8. The topological polar surface area (TPSA) is 91.9 Å². The quantitative estimate of drug-likeness (QED) is 0.189. The van der Waals surface area contributed by atoms with Gasteiger partial charge in [-0.3, -0.25) is 9.71 Å². The van der Waals surface area contributed by atoms with E-state index in [0.717, 1.165) is 54.4 Å². The van der Waals surface area contributed by atoms with Gasteiger partial charge in [0.25, 0.3) is 0 Å². The molecule has 1 aliphatic heterocycles. The van der Waals surface area contributed by atoms with E-state index in [1.807, 2.05) is 44.2 Å². The fourth-order valence-electron chi connectivity index (χ4n) is 4.37. The van der Waals surface area contributed by atoms with Gasteiger partial charge in [-0.05, 0) is 49.0 Å². The number of hydrogen-bond acceptors (Lipinski definition) is 9. The van der Waals surface area contributed by atoms with Crippen LogP contribution >= 0.6 is 23.5 Å². The average molecular weight is 596 g/mol. The number of nitrogens with zero attached hydrogens (tertiary/aromatic N) is 5. The highest BCUT2D eigenvalue weighted by molar-refractivity contribution is 8.05. The fraction of sp³-hybridized carbons (Fsp3) is 0.387. The lowest BCUT2D eigenvalue weighted by molar-refractivity contribution is 0.313. The third kappa shape index (κ3) is 9.11. The molecule has 1 aliphatic rings. The molecule has 3 aromatic rings. The number of likely N-dealkylation sites (N-methyl/N-ethyl adjacent to an activating group) is 1. The van der Waals surface area contributed by atoms with Gasteiger partial charge in [0.1, 0.15) is 10.8 Å². The zero-order chi connectivity index (χ0) is 29.8. The molecule has 0 bridgehead atoms. The first-order chi connectivity index (χ1) is 19.9. The van der Waals surface area contributed by atoms with Gasteiger partial charge in [0, 0.05) is 57.3 Å². The summed E-state index contributed by atoms with van der Waals surface area (Å²) in [5.74, 6) is 1.83. The maximum atomic E-state index is 6.88. The second-order valence-corrected chi connectivity index (χ2v) is 11.1. The van der Waals surface area contributed by atoms with Gasteiger partial charge < -0.3 is 20.3 Å². The number of nitrogens with two attached hydrogens (primary N) is 1. The highest BCUT2D eigenvalue weighted by atomic mass is 35.5. The largest absolute Gasteiger partial charge is 0.437 e. The van der Waals surface area contributed by atoms with E-state index in [4.69, 9.17) is 27.1 Å². The number of rotatable bonds is 10. The molecule has 4 rings (SSSR count). The Morgan fingerprint density at radius 3 is 2.54 bits per heavy atom. The predicted octanol–water partition coefficient (Wildman–Crippen LogP) is 7.13. The Labute approximate surface area is 254 Å². The number of aliphatic imine (C=N–C) groups is 1. The molecule has 1 aromatic heterocycles. The number of allylic oxidation sites excluding steroid dienone is 1. The van der Waals surface area contributed by atoms with Crippen molar-refractivity contribution in [3.8, 4) is 22.9 Å². The molecule has 0 unspecified atom stereocenters. The zero-order valence-electron chi connectivity index (χ0n) is 24.9. The molecule has 3 N–H and O–H groups in total. The summed E-state index contributed by atoms with van der Waals surface area (Å²) in [6, 6.07) is 16.0. The van der Waals surface area contributed by atoms with Crippen molar-refractivity contribution in [1.82, 2.24) is 14.9 Å². The van der Waals surface area contributed by atoms with Crippen LogP contribution in [0.15, 0.2) is 64.6 Å². The van der Waals surface area contributed by atoms with Gasteiger partial charge in [-0.25, -0.2) is 4.98 Å². The van der Waals surface area contributed by atoms with Crippen molar-refractivity contribution in [2.24, 2.45) is 16.6 Å². The van der Waals surface area contributed by atoms with Gasteiger partial charge in [0.05, 0.1) is 16.3 Å². The Balaban J connectivity index is 0.00000226. The SMILES string of the molecule is CC.CN=C/C(=C\N)SNc1nc(Oc2cccc(N3CCN(C)CC3)c2Cl)cc(-c2ccccc2CC(C)C)n1. The second-order valence-electron chi connectivity index (χ2n) is 9.81. The first-order valence-corrected chi connectivity index (χ1v) is 15.2. The number of anilines is 2. The van der Waals surface area contributed by atoms with Crippen molar-refractivity contribution < 1.29 is 4.74 Å². The third-order valence-electron chi connectivity index (χ3n) is 6.31. The molecule has 0 aliphatic carbocycles. The first-order valence-electron chi connectivity index (χ1n) is 14.0. The van der Waals surface area contributed by atoms with Crippen LogP contribution in [-0.2, 0) is 6.42 Å². The molecule has 10 heteroatoms. The summed E-state index contributed by atoms with van der Waals surface area (Å²) < 4.78 is 9.52. The zero-order valence-corrected chi connectivity index (χ0v) is 26.5. The molecule has 220 valence electrons. The number of benzene rings is 2. The molecule has 0 spiro atoms. The number of halogens is 1. The van der Waals surface area contributed by atoms with E-state index in [9.17, 15) is 0 Å². The summed E-state index contributed by atoms with van der Waals surface area (Å²) >= 11 is 8.16. The van der Waals surface area contributed by atoms with E-state index < -0.39 is 0 Å². The lowest BCUT2D eigenvalue weighted by atomic mass is 9.96. The van der Waals surface area contributed by atoms with Crippen LogP contribution in [0, 0.1) is 5.92 Å². The number of aromatic nitrogens is 2. The van der Waals surface area contributed by atoms with E-state index >= 15 is 0 Å². The fourth-order valence-corrected chi connectivity index (χ4v) is 5.18. The van der Waals surface area contributed by atoms with E-state index in [1.165, 1.54) is 23.7 Å². The molecule has 2 aromatic carbocycles. The lowest BCUT2D eigenvalue weighted by Crippen LogP contribution is -2.44. The van der Waals surface area contributed by atoms with Crippen molar-refractivity contribution in [3.63, 3.8) is 0 Å². The van der Waals surface area contributed by atoms with E-state index in [1.54, 1.807) is 13.3 Å². The van der Waals surface area contributed by atoms with Crippen LogP contribution in [0.4, 0.5) is 11.6 Å². The summed E-state index contributed by atoms with van der Waals surface area (Å²) in [6.07, 6.45) is 4.08. The van der Waals surface area contributed by atoms with Gasteiger partial charge in [-0.2, -0.15) is 4.98 Å². The average Bonchev–Trinajstić information content (AvgIpc) is 2.98. The smallest absolute Gasteiger partial charge is 0.237 e. The molecule has 0 amide bonds. The number of ether oxygens (including phenoxy) is 1. The van der Waals surface area contributed by atoms with Crippen molar-refractivity contribution >= 4 is 41.4 Å². The Morgan fingerprint density at radius 1 is 1.12 bits per heavy atom. The van der Waals surface area contributed by atoms with Crippen molar-refractivity contribution in [1.29, 1.82) is 0 Å². The summed E-state index contributed by atoms with van der Waals surface area (Å²) in [4.78, 5) is 18.8. The highest BCUT2D eigenvalue weighted by Gasteiger charge is 2.20. The molecule has 0 saturated carbocycles. The minimum absolute atomic E-state index is 0.391. The van der Waals surface area contributed by atoms with Crippen LogP contribution in [0.3, 0.4) is 0 Å². The van der Waals surface area contributed by atoms with Crippen LogP contribution in [-0.4, -0.2) is 61.4 Å². The van der Waals surface area contributed by atoms with Crippen molar-refractivity contribution in [2.45, 2.75) is 34.1 Å². The maximum absolute atomic E-state index is 6.88. The number of hydrogen-bond donors (Lipinski definition) is 2. The lowest BCUT2D eigenvalue weighted by Gasteiger charge is -2.34. The Hall–Kier alpha value is -3.27. The second kappa shape index (κ2) is 16.2. The van der Waals surface area contributed by atoms with Gasteiger partial charge in [0.15, 0.2) is 0 Å². The van der Waals surface area contributed by atoms with Crippen LogP contribution in [0.5, 0.6) is 11.6 Å². The van der Waals surface area contributed by atoms with Crippen LogP contribution < -0.4 is 20.1 Å². The molecule has 0 radical (unpaired) electrons. The van der Waals surface area contributed by atoms with Gasteiger partial charge in [-0.15, -0.1) is 0 Å². The number of piperazine rings is 1. The normalized spacial score (nSPS) is 14.2. The summed E-state index contributed by atoms with van der Waals surface area (Å²) in [6.45, 7) is 12.2. The molecule has 1 saturated heterocycles. The standard InChI is InChI=1S/C29H36ClN7OS.C2H6/c1-20(2)16-21-8-5-6-9-23(21)24-17-27(34-29(33-24)35-39-22(18-31)19-32-3)38-26-11-7-10-25(28(26)30)37-14-12-36(4)13-15-37;1-2/h5-11,17-20H,12-16,31H2,1-4H3,(H,33,34,35);1-2H3/b22-18+,32-19?;. The number of nitrogens with one attached hydrogen (secondary N) is 1. The molecule has 8 nitrogen and oxygen atoms in total. The molecular formula is C31H42ClN7OS. The predicted molar refractivity (Wildman–Crippen MR) is 176 cm³/mol. The Bertz CT molecular complexity index is 1320. The molecule has 0 atom stereocenters. The Morgan fingerprint density at radius 2 is 1.85 bits per heavy atom. The minimum atomic E-state index is 0.391. The van der Waals surface area contributed by atoms with Crippen LogP contribution in [0.1, 0.15) is 33.3 Å². The van der Waals surface area contributed by atoms with Gasteiger partial charge >= 0.3 is 0 Å². The molecule has 2 heterocycles.